The minimum atomic E-state index is -1.76. The molecule has 0 heterocycles. The minimum Gasteiger partial charge on any atom is -0.462 e. The lowest BCUT2D eigenvalue weighted by Gasteiger charge is -2.27. The van der Waals surface area contributed by atoms with Crippen molar-refractivity contribution in [3.63, 3.8) is 0 Å². The van der Waals surface area contributed by atoms with Gasteiger partial charge in [0.1, 0.15) is 0 Å². The van der Waals surface area contributed by atoms with Gasteiger partial charge in [0.05, 0.1) is 19.8 Å². The predicted octanol–water partition coefficient (Wildman–Crippen LogP) is 3.90. The number of unbranched alkanes of at least 4 members (excludes halogenated alkanes) is 1. The Hall–Kier alpha value is -0.299. The van der Waals surface area contributed by atoms with Gasteiger partial charge in [-0.1, -0.05) is 26.3 Å². The van der Waals surface area contributed by atoms with Crippen LogP contribution in [0.25, 0.3) is 0 Å². The van der Waals surface area contributed by atoms with Crippen LogP contribution in [-0.2, 0) is 22.5 Å². The van der Waals surface area contributed by atoms with E-state index in [4.69, 9.17) is 17.7 Å². The molecule has 0 saturated carbocycles. The normalized spacial score (nSPS) is 13.4. The predicted molar refractivity (Wildman–Crippen MR) is 119 cm³/mol. The van der Waals surface area contributed by atoms with Gasteiger partial charge in [-0.3, -0.25) is 0 Å². The van der Waals surface area contributed by atoms with Crippen LogP contribution in [0.15, 0.2) is 12.2 Å². The fourth-order valence-corrected chi connectivity index (χ4v) is 7.63. The molecule has 0 aliphatic carbocycles. The van der Waals surface area contributed by atoms with E-state index in [0.717, 1.165) is 12.5 Å². The molecule has 0 aliphatic rings. The highest BCUT2D eigenvalue weighted by atomic mass is 28.4. The van der Waals surface area contributed by atoms with Gasteiger partial charge in [-0.2, -0.15) is 0 Å². The number of aliphatic hydroxyl groups excluding tert-OH is 1. The average Bonchev–Trinajstić information content (AvgIpc) is 2.61. The van der Waals surface area contributed by atoms with Crippen molar-refractivity contribution >= 4 is 32.6 Å². The van der Waals surface area contributed by atoms with E-state index in [2.05, 4.69) is 39.7 Å². The number of carbonyl (C=O) groups is 1. The monoisotopic (exact) mass is 448 g/mol. The lowest BCUT2D eigenvalue weighted by atomic mass is 10.2. The lowest BCUT2D eigenvalue weighted by molar-refractivity contribution is -0.141. The van der Waals surface area contributed by atoms with Crippen LogP contribution >= 0.6 is 0 Å². The summed E-state index contributed by atoms with van der Waals surface area (Å²) in [5, 5.41) is 9.36. The topological polar surface area (TPSA) is 74.2 Å². The molecule has 0 fully saturated rings. The smallest absolute Gasteiger partial charge is 0.410 e. The van der Waals surface area contributed by atoms with Crippen LogP contribution in [0.3, 0.4) is 0 Å². The molecule has 0 aromatic rings. The van der Waals surface area contributed by atoms with E-state index in [1.54, 1.807) is 6.92 Å². The van der Waals surface area contributed by atoms with Gasteiger partial charge in [0.2, 0.25) is 0 Å². The van der Waals surface area contributed by atoms with Crippen LogP contribution in [0.5, 0.6) is 0 Å². The Bertz CT molecular complexity index is 457. The first-order valence-electron chi connectivity index (χ1n) is 10.1. The number of esters is 1. The standard InChI is InChI=1S/C19H40O6Si3/c1-8-9-12-27(4,5)24-26-25-28(6,7)13-10-11-22-15-18(14-20)16-23-19(21)17(2)3/h18,20H,2,8-16H2,1,3-7H3. The van der Waals surface area contributed by atoms with Crippen molar-refractivity contribution in [2.45, 2.75) is 71.4 Å². The Balaban J connectivity index is 3.94. The molecule has 164 valence electrons. The second-order valence-corrected chi connectivity index (χ2v) is 18.4. The molecule has 0 rings (SSSR count). The molecular weight excluding hydrogens is 408 g/mol. The highest BCUT2D eigenvalue weighted by Gasteiger charge is 2.27. The average molecular weight is 449 g/mol. The fraction of sp³-hybridized carbons (Fsp3) is 0.842. The molecule has 1 N–H and O–H groups in total. The van der Waals surface area contributed by atoms with Crippen molar-refractivity contribution in [1.29, 1.82) is 0 Å². The summed E-state index contributed by atoms with van der Waals surface area (Å²) in [6.45, 7) is 17.3. The SMILES string of the molecule is C=C(C)C(=O)OCC(CO)COCCC[Si](C)(C)O[Si]O[Si](C)(C)CCCC. The molecule has 0 aromatic carbocycles. The minimum absolute atomic E-state index is 0.0804. The van der Waals surface area contributed by atoms with Gasteiger partial charge < -0.3 is 22.8 Å². The summed E-state index contributed by atoms with van der Waals surface area (Å²) in [4.78, 5) is 11.4. The summed E-state index contributed by atoms with van der Waals surface area (Å²) < 4.78 is 22.9. The molecule has 1 atom stereocenters. The molecule has 9 heteroatoms. The molecular formula is C19H40O6Si3. The zero-order chi connectivity index (χ0) is 21.6. The highest BCUT2D eigenvalue weighted by Crippen LogP contribution is 2.17. The van der Waals surface area contributed by atoms with Gasteiger partial charge in [-0.05, 0) is 51.6 Å². The number of rotatable bonds is 17. The third-order valence-electron chi connectivity index (χ3n) is 4.25. The lowest BCUT2D eigenvalue weighted by Crippen LogP contribution is -2.38. The van der Waals surface area contributed by atoms with E-state index in [-0.39, 0.29) is 29.1 Å². The van der Waals surface area contributed by atoms with E-state index < -0.39 is 22.6 Å². The van der Waals surface area contributed by atoms with Crippen molar-refractivity contribution in [3.05, 3.63) is 12.2 Å². The van der Waals surface area contributed by atoms with Crippen LogP contribution < -0.4 is 0 Å². The molecule has 0 aliphatic heterocycles. The van der Waals surface area contributed by atoms with Crippen molar-refractivity contribution in [1.82, 2.24) is 0 Å². The quantitative estimate of drug-likeness (QED) is 0.157. The fourth-order valence-electron chi connectivity index (χ4n) is 2.27. The summed E-state index contributed by atoms with van der Waals surface area (Å²) in [6.07, 6.45) is 3.34. The summed E-state index contributed by atoms with van der Waals surface area (Å²) in [5.74, 6) is -0.651. The Morgan fingerprint density at radius 1 is 1.07 bits per heavy atom. The van der Waals surface area contributed by atoms with Crippen molar-refractivity contribution in [2.24, 2.45) is 5.92 Å². The van der Waals surface area contributed by atoms with Gasteiger partial charge in [-0.25, -0.2) is 4.79 Å². The molecule has 0 bridgehead atoms. The van der Waals surface area contributed by atoms with Crippen LogP contribution in [0.4, 0.5) is 0 Å². The molecule has 0 saturated heterocycles. The maximum atomic E-state index is 11.4. The van der Waals surface area contributed by atoms with Gasteiger partial charge >= 0.3 is 16.0 Å². The van der Waals surface area contributed by atoms with Crippen LogP contribution in [0.1, 0.15) is 33.1 Å². The Labute approximate surface area is 176 Å². The first-order valence-corrected chi connectivity index (χ1v) is 17.2. The summed E-state index contributed by atoms with van der Waals surface area (Å²) in [6, 6.07) is 2.18. The first kappa shape index (κ1) is 27.7. The van der Waals surface area contributed by atoms with Crippen LogP contribution in [-0.4, -0.2) is 64.1 Å². The Morgan fingerprint density at radius 2 is 1.64 bits per heavy atom. The maximum absolute atomic E-state index is 11.4. The van der Waals surface area contributed by atoms with Gasteiger partial charge in [0.25, 0.3) is 0 Å². The number of carbonyl (C=O) groups excluding carboxylic acids is 1. The number of aliphatic hydroxyl groups is 1. The van der Waals surface area contributed by atoms with Gasteiger partial charge in [0.15, 0.2) is 16.6 Å². The Morgan fingerprint density at radius 3 is 2.14 bits per heavy atom. The highest BCUT2D eigenvalue weighted by molar-refractivity contribution is 6.78. The summed E-state index contributed by atoms with van der Waals surface area (Å²) >= 11 is 0. The molecule has 0 amide bonds. The zero-order valence-corrected chi connectivity index (χ0v) is 21.6. The van der Waals surface area contributed by atoms with E-state index in [1.165, 1.54) is 18.9 Å². The van der Waals surface area contributed by atoms with Crippen LogP contribution in [0.2, 0.25) is 38.3 Å². The molecule has 28 heavy (non-hydrogen) atoms. The summed E-state index contributed by atoms with van der Waals surface area (Å²) in [7, 11) is -3.21. The van der Waals surface area contributed by atoms with Gasteiger partial charge in [-0.15, -0.1) is 0 Å². The van der Waals surface area contributed by atoms with Crippen molar-refractivity contribution < 1.29 is 27.6 Å². The van der Waals surface area contributed by atoms with E-state index in [1.807, 2.05) is 0 Å². The van der Waals surface area contributed by atoms with Gasteiger partial charge in [0, 0.05) is 18.1 Å². The first-order chi connectivity index (χ1) is 13.0. The molecule has 1 unspecified atom stereocenters. The van der Waals surface area contributed by atoms with E-state index in [0.29, 0.717) is 18.8 Å². The molecule has 0 aromatic heterocycles. The van der Waals surface area contributed by atoms with E-state index in [9.17, 15) is 9.90 Å². The Kier molecular flexibility index (Phi) is 14.5. The molecule has 6 nitrogen and oxygen atoms in total. The van der Waals surface area contributed by atoms with Crippen molar-refractivity contribution in [2.75, 3.05) is 26.4 Å². The molecule has 0 spiro atoms. The third kappa shape index (κ3) is 14.7. The second-order valence-electron chi connectivity index (χ2n) is 8.52. The third-order valence-corrected chi connectivity index (χ3v) is 12.4. The number of hydrogen-bond donors (Lipinski definition) is 1. The maximum Gasteiger partial charge on any atom is 0.410 e. The van der Waals surface area contributed by atoms with Crippen LogP contribution in [0, 0.1) is 5.92 Å². The number of ether oxygens (including phenoxy) is 2. The molecule has 2 radical (unpaired) electrons. The zero-order valence-electron chi connectivity index (χ0n) is 18.6. The second kappa shape index (κ2) is 14.6. The largest absolute Gasteiger partial charge is 0.462 e. The number of hydrogen-bond acceptors (Lipinski definition) is 6. The summed E-state index contributed by atoms with van der Waals surface area (Å²) in [5.41, 5.74) is 0.353. The van der Waals surface area contributed by atoms with Crippen molar-refractivity contribution in [3.8, 4) is 0 Å². The van der Waals surface area contributed by atoms with E-state index >= 15 is 0 Å².